The molecule has 0 saturated carbocycles. The van der Waals surface area contributed by atoms with Gasteiger partial charge in [-0.1, -0.05) is 12.1 Å². The minimum Gasteiger partial charge on any atom is -0.433 e. The Balaban J connectivity index is 2.34. The van der Waals surface area contributed by atoms with Gasteiger partial charge in [-0.05, 0) is 28.1 Å². The van der Waals surface area contributed by atoms with Crippen LogP contribution in [0.4, 0.5) is 27.6 Å². The Kier molecular flexibility index (Phi) is 5.11. The summed E-state index contributed by atoms with van der Waals surface area (Å²) in [5.74, 6) is -1.30. The molecule has 1 aromatic heterocycles. The van der Waals surface area contributed by atoms with E-state index in [-0.39, 0.29) is 11.4 Å². The molecule has 0 bridgehead atoms. The van der Waals surface area contributed by atoms with Gasteiger partial charge in [0.25, 0.3) is 5.91 Å². The molecule has 1 amide bonds. The molecule has 0 aliphatic rings. The van der Waals surface area contributed by atoms with E-state index in [1.807, 2.05) is 0 Å². The lowest BCUT2D eigenvalue weighted by Crippen LogP contribution is -2.17. The summed E-state index contributed by atoms with van der Waals surface area (Å²) in [4.78, 5) is 12.2. The van der Waals surface area contributed by atoms with Gasteiger partial charge in [0.15, 0.2) is 5.69 Å². The number of halogens is 6. The van der Waals surface area contributed by atoms with E-state index in [0.29, 0.717) is 0 Å². The molecule has 0 unspecified atom stereocenters. The summed E-state index contributed by atoms with van der Waals surface area (Å²) in [7, 11) is 1.15. The lowest BCUT2D eigenvalue weighted by molar-refractivity contribution is -0.142. The number of anilines is 1. The molecule has 0 aliphatic carbocycles. The molecule has 0 aliphatic heterocycles. The van der Waals surface area contributed by atoms with Crippen LogP contribution in [0.25, 0.3) is 0 Å². The molecule has 1 aromatic carbocycles. The molecule has 0 atom stereocenters. The molecule has 0 spiro atoms. The highest BCUT2D eigenvalue weighted by Crippen LogP contribution is 2.36. The van der Waals surface area contributed by atoms with Crippen LogP contribution < -0.4 is 10.1 Å². The van der Waals surface area contributed by atoms with E-state index in [1.165, 1.54) is 24.3 Å². The second-order valence-corrected chi connectivity index (χ2v) is 5.25. The van der Waals surface area contributed by atoms with Crippen LogP contribution >= 0.6 is 15.9 Å². The van der Waals surface area contributed by atoms with Gasteiger partial charge in [-0.2, -0.15) is 27.1 Å². The van der Waals surface area contributed by atoms with Crippen LogP contribution in [-0.2, 0) is 13.2 Å². The van der Waals surface area contributed by atoms with Crippen LogP contribution in [0.15, 0.2) is 28.7 Å². The van der Waals surface area contributed by atoms with Gasteiger partial charge in [-0.15, -0.1) is 0 Å². The predicted molar refractivity (Wildman–Crippen MR) is 76.9 cm³/mol. The highest BCUT2D eigenvalue weighted by atomic mass is 79.9. The number of carbonyl (C=O) groups is 1. The first-order valence-electron chi connectivity index (χ1n) is 6.26. The Morgan fingerprint density at radius 3 is 2.50 bits per heavy atom. The Labute approximate surface area is 140 Å². The smallest absolute Gasteiger partial charge is 0.433 e. The average molecular weight is 414 g/mol. The largest absolute Gasteiger partial charge is 0.436 e. The van der Waals surface area contributed by atoms with Crippen LogP contribution in [0.2, 0.25) is 0 Å². The number of aryl methyl sites for hydroxylation is 1. The van der Waals surface area contributed by atoms with Crippen LogP contribution in [-0.4, -0.2) is 22.3 Å². The van der Waals surface area contributed by atoms with E-state index in [1.54, 1.807) is 0 Å². The lowest BCUT2D eigenvalue weighted by Gasteiger charge is -2.11. The van der Waals surface area contributed by atoms with Gasteiger partial charge in [-0.25, -0.2) is 0 Å². The van der Waals surface area contributed by atoms with Crippen LogP contribution in [0.3, 0.4) is 0 Å². The van der Waals surface area contributed by atoms with E-state index in [4.69, 9.17) is 0 Å². The second kappa shape index (κ2) is 6.75. The maximum absolute atomic E-state index is 12.8. The third-order valence-corrected chi connectivity index (χ3v) is 3.58. The number of hydrogen-bond donors (Lipinski definition) is 1. The molecular formula is C13H9BrF5N3O2. The fourth-order valence-electron chi connectivity index (χ4n) is 1.88. The van der Waals surface area contributed by atoms with Gasteiger partial charge in [-0.3, -0.25) is 9.48 Å². The Morgan fingerprint density at radius 2 is 1.96 bits per heavy atom. The fourth-order valence-corrected chi connectivity index (χ4v) is 2.62. The number of alkyl halides is 5. The number of carbonyl (C=O) groups excluding carboxylic acids is 1. The lowest BCUT2D eigenvalue weighted by atomic mass is 10.2. The van der Waals surface area contributed by atoms with E-state index in [0.717, 1.165) is 11.7 Å². The Bertz CT molecular complexity index is 761. The Hall–Kier alpha value is -2.17. The summed E-state index contributed by atoms with van der Waals surface area (Å²) in [5.41, 5.74) is -1.81. The van der Waals surface area contributed by atoms with Gasteiger partial charge in [0.2, 0.25) is 0 Å². The van der Waals surface area contributed by atoms with E-state index in [9.17, 15) is 26.7 Å². The predicted octanol–water partition coefficient (Wildman–Crippen LogP) is 4.06. The zero-order chi connectivity index (χ0) is 18.1. The summed E-state index contributed by atoms with van der Waals surface area (Å²) in [6.07, 6.45) is -4.76. The molecule has 5 nitrogen and oxygen atoms in total. The van der Waals surface area contributed by atoms with Crippen molar-refractivity contribution in [3.05, 3.63) is 40.1 Å². The average Bonchev–Trinajstić information content (AvgIpc) is 2.75. The zero-order valence-corrected chi connectivity index (χ0v) is 13.5. The number of amides is 1. The quantitative estimate of drug-likeness (QED) is 0.769. The maximum atomic E-state index is 12.8. The SMILES string of the molecule is Cn1nc(C(F)(F)F)c(Br)c1C(=O)Nc1ccccc1OC(F)F. The van der Waals surface area contributed by atoms with Crippen LogP contribution in [0, 0.1) is 0 Å². The van der Waals surface area contributed by atoms with Crippen molar-refractivity contribution in [2.24, 2.45) is 7.05 Å². The summed E-state index contributed by atoms with van der Waals surface area (Å²) in [6, 6.07) is 5.29. The van der Waals surface area contributed by atoms with Crippen molar-refractivity contribution in [2.75, 3.05) is 5.32 Å². The molecule has 0 saturated heterocycles. The molecule has 0 fully saturated rings. The summed E-state index contributed by atoms with van der Waals surface area (Å²) in [5, 5.41) is 5.47. The summed E-state index contributed by atoms with van der Waals surface area (Å²) >= 11 is 2.70. The van der Waals surface area contributed by atoms with Crippen molar-refractivity contribution in [3.63, 3.8) is 0 Å². The molecule has 11 heteroatoms. The zero-order valence-electron chi connectivity index (χ0n) is 11.9. The normalized spacial score (nSPS) is 11.7. The standard InChI is InChI=1S/C13H9BrF5N3O2/c1-22-9(8(14)10(21-22)13(17,18)19)11(23)20-6-4-2-3-5-7(6)24-12(15)16/h2-5,12H,1H3,(H,20,23). The first-order valence-corrected chi connectivity index (χ1v) is 7.05. The first kappa shape index (κ1) is 18.2. The molecule has 24 heavy (non-hydrogen) atoms. The van der Waals surface area contributed by atoms with Crippen molar-refractivity contribution in [1.82, 2.24) is 9.78 Å². The third kappa shape index (κ3) is 3.83. The van der Waals surface area contributed by atoms with Crippen molar-refractivity contribution >= 4 is 27.5 Å². The van der Waals surface area contributed by atoms with Crippen molar-refractivity contribution < 1.29 is 31.5 Å². The van der Waals surface area contributed by atoms with Gasteiger partial charge < -0.3 is 10.1 Å². The number of ether oxygens (including phenoxy) is 1. The number of nitrogens with one attached hydrogen (secondary N) is 1. The maximum Gasteiger partial charge on any atom is 0.436 e. The number of aromatic nitrogens is 2. The third-order valence-electron chi connectivity index (χ3n) is 2.82. The van der Waals surface area contributed by atoms with Crippen LogP contribution in [0.1, 0.15) is 16.2 Å². The van der Waals surface area contributed by atoms with Crippen molar-refractivity contribution in [1.29, 1.82) is 0 Å². The number of benzene rings is 1. The van der Waals surface area contributed by atoms with Gasteiger partial charge in [0.05, 0.1) is 10.2 Å². The number of rotatable bonds is 4. The van der Waals surface area contributed by atoms with Crippen molar-refractivity contribution in [2.45, 2.75) is 12.8 Å². The minimum absolute atomic E-state index is 0.121. The number of para-hydroxylation sites is 2. The summed E-state index contributed by atoms with van der Waals surface area (Å²) < 4.78 is 67.5. The molecule has 0 radical (unpaired) electrons. The minimum atomic E-state index is -4.76. The highest BCUT2D eigenvalue weighted by Gasteiger charge is 2.39. The first-order chi connectivity index (χ1) is 11.1. The topological polar surface area (TPSA) is 56.2 Å². The van der Waals surface area contributed by atoms with Gasteiger partial charge in [0, 0.05) is 7.05 Å². The fraction of sp³-hybridized carbons (Fsp3) is 0.231. The van der Waals surface area contributed by atoms with E-state index < -0.39 is 34.6 Å². The molecule has 1 N–H and O–H groups in total. The Morgan fingerprint density at radius 1 is 1.33 bits per heavy atom. The second-order valence-electron chi connectivity index (χ2n) is 4.46. The van der Waals surface area contributed by atoms with E-state index in [2.05, 4.69) is 31.1 Å². The molecule has 1 heterocycles. The monoisotopic (exact) mass is 413 g/mol. The molecule has 130 valence electrons. The number of hydrogen-bond acceptors (Lipinski definition) is 3. The van der Waals surface area contributed by atoms with Gasteiger partial charge >= 0.3 is 12.8 Å². The summed E-state index contributed by atoms with van der Waals surface area (Å²) in [6.45, 7) is -3.12. The highest BCUT2D eigenvalue weighted by molar-refractivity contribution is 9.10. The van der Waals surface area contributed by atoms with Crippen LogP contribution in [0.5, 0.6) is 5.75 Å². The van der Waals surface area contributed by atoms with E-state index >= 15 is 0 Å². The van der Waals surface area contributed by atoms with Crippen molar-refractivity contribution in [3.8, 4) is 5.75 Å². The molecular weight excluding hydrogens is 405 g/mol. The van der Waals surface area contributed by atoms with Gasteiger partial charge in [0.1, 0.15) is 11.4 Å². The molecule has 2 aromatic rings. The number of nitrogens with zero attached hydrogens (tertiary/aromatic N) is 2. The molecule has 2 rings (SSSR count).